The number of nitrogens with zero attached hydrogens (tertiary/aromatic N) is 5. The second-order valence-electron chi connectivity index (χ2n) is 7.81. The molecule has 0 spiro atoms. The predicted molar refractivity (Wildman–Crippen MR) is 137 cm³/mol. The maximum atomic E-state index is 12.8. The number of rotatable bonds is 12. The Morgan fingerprint density at radius 3 is 2.49 bits per heavy atom. The Kier molecular flexibility index (Phi) is 9.53. The van der Waals surface area contributed by atoms with Crippen LogP contribution in [0.4, 0.5) is 0 Å². The zero-order valence-corrected chi connectivity index (χ0v) is 21.5. The summed E-state index contributed by atoms with van der Waals surface area (Å²) in [6, 6.07) is 6.53. The molecule has 2 heterocycles. The van der Waals surface area contributed by atoms with Crippen LogP contribution in [0.1, 0.15) is 45.1 Å². The maximum absolute atomic E-state index is 12.8. The van der Waals surface area contributed by atoms with Gasteiger partial charge in [-0.15, -0.1) is 5.10 Å². The van der Waals surface area contributed by atoms with E-state index in [9.17, 15) is 9.59 Å². The molecule has 1 unspecified atom stereocenters. The van der Waals surface area contributed by atoms with E-state index in [0.717, 1.165) is 12.0 Å². The molecule has 12 heteroatoms. The van der Waals surface area contributed by atoms with Gasteiger partial charge in [-0.05, 0) is 30.2 Å². The van der Waals surface area contributed by atoms with Crippen molar-refractivity contribution in [2.75, 3.05) is 34.9 Å². The normalized spacial score (nSPS) is 11.7. The molecule has 1 atom stereocenters. The summed E-state index contributed by atoms with van der Waals surface area (Å²) in [6.45, 7) is 2.58. The van der Waals surface area contributed by atoms with Gasteiger partial charge in [0.25, 0.3) is 11.8 Å². The summed E-state index contributed by atoms with van der Waals surface area (Å²) >= 11 is 0. The number of pyridine rings is 1. The zero-order valence-electron chi connectivity index (χ0n) is 21.5. The maximum Gasteiger partial charge on any atom is 0.274 e. The van der Waals surface area contributed by atoms with E-state index in [1.165, 1.54) is 32.2 Å². The number of carbonyl (C=O) groups excluding carboxylic acids is 2. The summed E-state index contributed by atoms with van der Waals surface area (Å²) in [6.07, 6.45) is 5.76. The lowest BCUT2D eigenvalue weighted by Gasteiger charge is -2.15. The molecule has 2 aromatic heterocycles. The fourth-order valence-electron chi connectivity index (χ4n) is 3.55. The summed E-state index contributed by atoms with van der Waals surface area (Å²) < 4.78 is 17.4. The van der Waals surface area contributed by atoms with Gasteiger partial charge < -0.3 is 24.8 Å². The predicted octanol–water partition coefficient (Wildman–Crippen LogP) is 1.86. The standard InChI is InChI=1S/C25H31N7O5/c1-6-16-7-9-18(28-13-16)19(14-26-2)29-25(34)20-15-32(31-30-20)12-11-27-24(33)17-8-10-21(35-3)23(37-5)22(17)36-4/h7-10,13-15,19H,6,11-12H2,1-5H3,(H,27,33)(H,29,34). The van der Waals surface area contributed by atoms with E-state index in [4.69, 9.17) is 14.2 Å². The van der Waals surface area contributed by atoms with Gasteiger partial charge in [0.2, 0.25) is 5.75 Å². The van der Waals surface area contributed by atoms with Crippen molar-refractivity contribution in [2.24, 2.45) is 4.99 Å². The first kappa shape index (κ1) is 27.1. The summed E-state index contributed by atoms with van der Waals surface area (Å²) in [5, 5.41) is 13.6. The molecule has 37 heavy (non-hydrogen) atoms. The summed E-state index contributed by atoms with van der Waals surface area (Å²) in [4.78, 5) is 34.0. The van der Waals surface area contributed by atoms with E-state index in [0.29, 0.717) is 29.3 Å². The van der Waals surface area contributed by atoms with Gasteiger partial charge in [-0.3, -0.25) is 19.6 Å². The number of aryl methyl sites for hydroxylation is 1. The van der Waals surface area contributed by atoms with Gasteiger partial charge in [0, 0.05) is 26.0 Å². The number of nitrogens with one attached hydrogen (secondary N) is 2. The minimum absolute atomic E-state index is 0.132. The van der Waals surface area contributed by atoms with Gasteiger partial charge in [-0.1, -0.05) is 18.2 Å². The molecule has 0 saturated heterocycles. The molecule has 0 aliphatic heterocycles. The van der Waals surface area contributed by atoms with Crippen LogP contribution < -0.4 is 24.8 Å². The van der Waals surface area contributed by atoms with Crippen molar-refractivity contribution in [3.05, 3.63) is 59.2 Å². The van der Waals surface area contributed by atoms with E-state index < -0.39 is 11.9 Å². The highest BCUT2D eigenvalue weighted by Crippen LogP contribution is 2.39. The third-order valence-electron chi connectivity index (χ3n) is 5.51. The molecule has 0 aliphatic carbocycles. The topological polar surface area (TPSA) is 142 Å². The molecule has 0 fully saturated rings. The first-order chi connectivity index (χ1) is 17.9. The molecule has 2 amide bonds. The van der Waals surface area contributed by atoms with Crippen molar-refractivity contribution in [1.82, 2.24) is 30.6 Å². The average Bonchev–Trinajstić information content (AvgIpc) is 3.40. The van der Waals surface area contributed by atoms with E-state index in [-0.39, 0.29) is 23.9 Å². The van der Waals surface area contributed by atoms with E-state index >= 15 is 0 Å². The quantitative estimate of drug-likeness (QED) is 0.353. The van der Waals surface area contributed by atoms with Crippen molar-refractivity contribution >= 4 is 18.0 Å². The molecule has 3 rings (SSSR count). The van der Waals surface area contributed by atoms with Gasteiger partial charge in [0.1, 0.15) is 6.04 Å². The van der Waals surface area contributed by atoms with Crippen LogP contribution in [-0.2, 0) is 13.0 Å². The number of carbonyl (C=O) groups is 2. The van der Waals surface area contributed by atoms with Crippen molar-refractivity contribution in [1.29, 1.82) is 0 Å². The lowest BCUT2D eigenvalue weighted by molar-refractivity contribution is 0.0935. The molecule has 0 bridgehead atoms. The molecule has 3 aromatic rings. The summed E-state index contributed by atoms with van der Waals surface area (Å²) in [7, 11) is 6.04. The van der Waals surface area contributed by atoms with Gasteiger partial charge in [0.05, 0.1) is 45.3 Å². The van der Waals surface area contributed by atoms with Crippen LogP contribution in [0, 0.1) is 0 Å². The van der Waals surface area contributed by atoms with Crippen molar-refractivity contribution in [3.63, 3.8) is 0 Å². The monoisotopic (exact) mass is 509 g/mol. The molecule has 2 N–H and O–H groups in total. The molecule has 0 aliphatic rings. The van der Waals surface area contributed by atoms with E-state index in [1.54, 1.807) is 31.6 Å². The van der Waals surface area contributed by atoms with Gasteiger partial charge in [-0.2, -0.15) is 0 Å². The van der Waals surface area contributed by atoms with Crippen LogP contribution in [-0.4, -0.2) is 72.9 Å². The van der Waals surface area contributed by atoms with E-state index in [1.807, 2.05) is 19.1 Å². The summed E-state index contributed by atoms with van der Waals surface area (Å²) in [5.41, 5.74) is 2.19. The Labute approximate surface area is 215 Å². The number of benzene rings is 1. The van der Waals surface area contributed by atoms with Gasteiger partial charge in [0.15, 0.2) is 17.2 Å². The van der Waals surface area contributed by atoms with E-state index in [2.05, 4.69) is 30.9 Å². The smallest absolute Gasteiger partial charge is 0.274 e. The van der Waals surface area contributed by atoms with Crippen LogP contribution in [0.25, 0.3) is 0 Å². The SMILES string of the molecule is CCc1ccc(C(C=NC)NC(=O)c2cn(CCNC(=O)c3ccc(OC)c(OC)c3OC)nn2)nc1. The highest BCUT2D eigenvalue weighted by Gasteiger charge is 2.21. The third-order valence-corrected chi connectivity index (χ3v) is 5.51. The van der Waals surface area contributed by atoms with Crippen LogP contribution in [0.3, 0.4) is 0 Å². The Morgan fingerprint density at radius 2 is 1.86 bits per heavy atom. The fraction of sp³-hybridized carbons (Fsp3) is 0.360. The third kappa shape index (κ3) is 6.60. The number of amides is 2. The van der Waals surface area contributed by atoms with Gasteiger partial charge in [-0.25, -0.2) is 4.68 Å². The molecular weight excluding hydrogens is 478 g/mol. The Balaban J connectivity index is 1.60. The Morgan fingerprint density at radius 1 is 1.08 bits per heavy atom. The lowest BCUT2D eigenvalue weighted by Crippen LogP contribution is -2.30. The Bertz CT molecular complexity index is 1240. The molecule has 196 valence electrons. The van der Waals surface area contributed by atoms with Crippen LogP contribution in [0.2, 0.25) is 0 Å². The first-order valence-electron chi connectivity index (χ1n) is 11.6. The minimum atomic E-state index is -0.510. The zero-order chi connectivity index (χ0) is 26.8. The number of aliphatic imine (C=N–C) groups is 1. The van der Waals surface area contributed by atoms with Crippen LogP contribution in [0.5, 0.6) is 17.2 Å². The molecule has 1 aromatic carbocycles. The molecule has 0 saturated carbocycles. The highest BCUT2D eigenvalue weighted by atomic mass is 16.5. The second-order valence-corrected chi connectivity index (χ2v) is 7.81. The minimum Gasteiger partial charge on any atom is -0.493 e. The van der Waals surface area contributed by atoms with Crippen molar-refractivity contribution < 1.29 is 23.8 Å². The molecular formula is C25H31N7O5. The van der Waals surface area contributed by atoms with Gasteiger partial charge >= 0.3 is 0 Å². The number of hydrogen-bond donors (Lipinski definition) is 2. The second kappa shape index (κ2) is 13.0. The van der Waals surface area contributed by atoms with Crippen molar-refractivity contribution in [2.45, 2.75) is 25.9 Å². The molecule has 0 radical (unpaired) electrons. The number of hydrogen-bond acceptors (Lipinski definition) is 9. The number of ether oxygens (including phenoxy) is 3. The van der Waals surface area contributed by atoms with Crippen LogP contribution >= 0.6 is 0 Å². The fourth-order valence-corrected chi connectivity index (χ4v) is 3.55. The largest absolute Gasteiger partial charge is 0.493 e. The number of aromatic nitrogens is 4. The number of methoxy groups -OCH3 is 3. The van der Waals surface area contributed by atoms with Crippen molar-refractivity contribution in [3.8, 4) is 17.2 Å². The molecule has 12 nitrogen and oxygen atoms in total. The average molecular weight is 510 g/mol. The lowest BCUT2D eigenvalue weighted by atomic mass is 10.1. The summed E-state index contributed by atoms with van der Waals surface area (Å²) in [5.74, 6) is 0.261. The van der Waals surface area contributed by atoms with Crippen LogP contribution in [0.15, 0.2) is 41.7 Å². The Hall–Kier alpha value is -4.48. The highest BCUT2D eigenvalue weighted by molar-refractivity contribution is 5.98. The first-order valence-corrected chi connectivity index (χ1v) is 11.6.